The molecule has 0 radical (unpaired) electrons. The van der Waals surface area contributed by atoms with E-state index in [4.69, 9.17) is 4.52 Å². The Hall–Kier alpha value is -3.16. The second kappa shape index (κ2) is 9.16. The first-order chi connectivity index (χ1) is 13.6. The molecule has 2 aromatic heterocycles. The van der Waals surface area contributed by atoms with Crippen LogP contribution in [0.15, 0.2) is 52.5 Å². The Morgan fingerprint density at radius 2 is 2.14 bits per heavy atom. The molecular formula is C20H25FN6O. The van der Waals surface area contributed by atoms with Crippen molar-refractivity contribution in [1.82, 2.24) is 25.3 Å². The van der Waals surface area contributed by atoms with Gasteiger partial charge in [-0.15, -0.1) is 0 Å². The molecule has 0 unspecified atom stereocenters. The molecule has 0 bridgehead atoms. The number of rotatable bonds is 7. The SMILES string of the molecule is CCNC(=NCc1ccc(-n2ccnc2)c(F)c1)NCc1cc(C(C)C)no1. The van der Waals surface area contributed by atoms with Crippen LogP contribution in [0.5, 0.6) is 0 Å². The van der Waals surface area contributed by atoms with Crippen LogP contribution >= 0.6 is 0 Å². The third-order valence-corrected chi connectivity index (χ3v) is 4.16. The Morgan fingerprint density at radius 3 is 2.79 bits per heavy atom. The smallest absolute Gasteiger partial charge is 0.191 e. The van der Waals surface area contributed by atoms with E-state index >= 15 is 0 Å². The van der Waals surface area contributed by atoms with E-state index in [-0.39, 0.29) is 5.82 Å². The van der Waals surface area contributed by atoms with Gasteiger partial charge in [-0.3, -0.25) is 0 Å². The van der Waals surface area contributed by atoms with Crippen LogP contribution in [-0.2, 0) is 13.1 Å². The minimum absolute atomic E-state index is 0.313. The van der Waals surface area contributed by atoms with E-state index < -0.39 is 0 Å². The number of nitrogens with zero attached hydrogens (tertiary/aromatic N) is 4. The van der Waals surface area contributed by atoms with Gasteiger partial charge >= 0.3 is 0 Å². The first kappa shape index (κ1) is 19.6. The fourth-order valence-electron chi connectivity index (χ4n) is 2.63. The average molecular weight is 384 g/mol. The fraction of sp³-hybridized carbons (Fsp3) is 0.350. The van der Waals surface area contributed by atoms with Crippen LogP contribution in [0.2, 0.25) is 0 Å². The molecule has 0 aliphatic rings. The minimum atomic E-state index is -0.313. The van der Waals surface area contributed by atoms with Crippen molar-refractivity contribution in [3.05, 3.63) is 65.8 Å². The summed E-state index contributed by atoms with van der Waals surface area (Å²) in [4.78, 5) is 8.47. The van der Waals surface area contributed by atoms with Gasteiger partial charge in [0.1, 0.15) is 5.82 Å². The van der Waals surface area contributed by atoms with Crippen molar-refractivity contribution in [2.75, 3.05) is 6.54 Å². The van der Waals surface area contributed by atoms with Crippen LogP contribution in [0.4, 0.5) is 4.39 Å². The maximum absolute atomic E-state index is 14.4. The van der Waals surface area contributed by atoms with Crippen LogP contribution in [0.25, 0.3) is 5.69 Å². The standard InChI is InChI=1S/C20H25FN6O/c1-4-23-20(25-12-16-10-18(14(2)3)26-28-16)24-11-15-5-6-19(17(21)9-15)27-8-7-22-13-27/h5-10,13-14H,4,11-12H2,1-3H3,(H2,23,24,25). The monoisotopic (exact) mass is 384 g/mol. The molecule has 1 aromatic carbocycles. The predicted octanol–water partition coefficient (Wildman–Crippen LogP) is 3.38. The Morgan fingerprint density at radius 1 is 1.29 bits per heavy atom. The largest absolute Gasteiger partial charge is 0.359 e. The van der Waals surface area contributed by atoms with Crippen LogP contribution in [0.1, 0.15) is 43.7 Å². The highest BCUT2D eigenvalue weighted by atomic mass is 19.1. The summed E-state index contributed by atoms with van der Waals surface area (Å²) in [7, 11) is 0. The molecule has 0 saturated heterocycles. The van der Waals surface area contributed by atoms with Crippen molar-refractivity contribution in [2.24, 2.45) is 4.99 Å². The molecule has 0 amide bonds. The first-order valence-corrected chi connectivity index (χ1v) is 9.31. The van der Waals surface area contributed by atoms with Gasteiger partial charge in [-0.25, -0.2) is 14.4 Å². The van der Waals surface area contributed by atoms with Crippen molar-refractivity contribution < 1.29 is 8.91 Å². The molecule has 3 rings (SSSR count). The van der Waals surface area contributed by atoms with E-state index in [1.807, 2.05) is 19.1 Å². The molecule has 0 spiro atoms. The lowest BCUT2D eigenvalue weighted by Gasteiger charge is -2.10. The van der Waals surface area contributed by atoms with Gasteiger partial charge in [0, 0.05) is 25.0 Å². The van der Waals surface area contributed by atoms with Crippen LogP contribution in [-0.4, -0.2) is 27.2 Å². The van der Waals surface area contributed by atoms with Gasteiger partial charge in [-0.1, -0.05) is 25.1 Å². The first-order valence-electron chi connectivity index (χ1n) is 9.31. The summed E-state index contributed by atoms with van der Waals surface area (Å²) in [6, 6.07) is 7.01. The highest BCUT2D eigenvalue weighted by molar-refractivity contribution is 5.79. The molecule has 0 saturated carbocycles. The van der Waals surface area contributed by atoms with Gasteiger partial charge in [0.05, 0.1) is 30.8 Å². The van der Waals surface area contributed by atoms with Crippen molar-refractivity contribution in [2.45, 2.75) is 39.8 Å². The summed E-state index contributed by atoms with van der Waals surface area (Å²) < 4.78 is 21.3. The molecule has 2 N–H and O–H groups in total. The summed E-state index contributed by atoms with van der Waals surface area (Å²) in [6.07, 6.45) is 4.89. The van der Waals surface area contributed by atoms with Gasteiger partial charge in [-0.05, 0) is 30.5 Å². The normalized spacial score (nSPS) is 11.8. The summed E-state index contributed by atoms with van der Waals surface area (Å²) in [5, 5.41) is 10.4. The van der Waals surface area contributed by atoms with Gasteiger partial charge in [0.2, 0.25) is 0 Å². The Balaban J connectivity index is 1.64. The number of hydrogen-bond donors (Lipinski definition) is 2. The van der Waals surface area contributed by atoms with E-state index in [1.165, 1.54) is 6.07 Å². The van der Waals surface area contributed by atoms with Gasteiger partial charge < -0.3 is 19.7 Å². The number of benzene rings is 1. The van der Waals surface area contributed by atoms with Crippen molar-refractivity contribution in [3.63, 3.8) is 0 Å². The molecule has 0 aliphatic heterocycles. The highest BCUT2D eigenvalue weighted by Crippen LogP contribution is 2.16. The molecule has 7 nitrogen and oxygen atoms in total. The molecule has 0 fully saturated rings. The van der Waals surface area contributed by atoms with Gasteiger partial charge in [0.25, 0.3) is 0 Å². The molecule has 2 heterocycles. The fourth-order valence-corrected chi connectivity index (χ4v) is 2.63. The van der Waals surface area contributed by atoms with E-state index in [0.29, 0.717) is 37.2 Å². The number of nitrogens with one attached hydrogen (secondary N) is 2. The highest BCUT2D eigenvalue weighted by Gasteiger charge is 2.09. The van der Waals surface area contributed by atoms with Crippen molar-refractivity contribution in [1.29, 1.82) is 0 Å². The summed E-state index contributed by atoms with van der Waals surface area (Å²) in [5.41, 5.74) is 2.16. The van der Waals surface area contributed by atoms with Crippen LogP contribution in [0.3, 0.4) is 0 Å². The summed E-state index contributed by atoms with van der Waals surface area (Å²) in [5.74, 6) is 1.38. The number of imidazole rings is 1. The molecule has 28 heavy (non-hydrogen) atoms. The number of aromatic nitrogens is 3. The lowest BCUT2D eigenvalue weighted by molar-refractivity contribution is 0.372. The topological polar surface area (TPSA) is 80.3 Å². The minimum Gasteiger partial charge on any atom is -0.359 e. The van der Waals surface area contributed by atoms with E-state index in [1.54, 1.807) is 29.4 Å². The zero-order valence-electron chi connectivity index (χ0n) is 16.3. The van der Waals surface area contributed by atoms with Crippen molar-refractivity contribution in [3.8, 4) is 5.69 Å². The number of guanidine groups is 1. The number of halogens is 1. The maximum atomic E-state index is 14.4. The Labute approximate surface area is 163 Å². The zero-order valence-corrected chi connectivity index (χ0v) is 16.3. The summed E-state index contributed by atoms with van der Waals surface area (Å²) >= 11 is 0. The maximum Gasteiger partial charge on any atom is 0.191 e. The third-order valence-electron chi connectivity index (χ3n) is 4.16. The van der Waals surface area contributed by atoms with Gasteiger partial charge in [-0.2, -0.15) is 0 Å². The lowest BCUT2D eigenvalue weighted by Crippen LogP contribution is -2.36. The van der Waals surface area contributed by atoms with Gasteiger partial charge in [0.15, 0.2) is 11.7 Å². The van der Waals surface area contributed by atoms with E-state index in [9.17, 15) is 4.39 Å². The molecule has 8 heteroatoms. The number of hydrogen-bond acceptors (Lipinski definition) is 4. The molecule has 0 atom stereocenters. The average Bonchev–Trinajstić information content (AvgIpc) is 3.36. The van der Waals surface area contributed by atoms with Crippen LogP contribution < -0.4 is 10.6 Å². The molecule has 3 aromatic rings. The third kappa shape index (κ3) is 4.97. The predicted molar refractivity (Wildman–Crippen MR) is 106 cm³/mol. The second-order valence-corrected chi connectivity index (χ2v) is 6.68. The zero-order chi connectivity index (χ0) is 19.9. The van der Waals surface area contributed by atoms with E-state index in [0.717, 1.165) is 17.0 Å². The molecule has 0 aliphatic carbocycles. The summed E-state index contributed by atoms with van der Waals surface area (Å²) in [6.45, 7) is 7.66. The van der Waals surface area contributed by atoms with Crippen LogP contribution in [0, 0.1) is 5.82 Å². The number of aliphatic imine (C=N–C) groups is 1. The quantitative estimate of drug-likeness (QED) is 0.482. The van der Waals surface area contributed by atoms with E-state index in [2.05, 4.69) is 39.6 Å². The Kier molecular flexibility index (Phi) is 6.41. The van der Waals surface area contributed by atoms with Crippen molar-refractivity contribution >= 4 is 5.96 Å². The second-order valence-electron chi connectivity index (χ2n) is 6.68. The lowest BCUT2D eigenvalue weighted by atomic mass is 10.1. The Bertz CT molecular complexity index is 917. The molecular weight excluding hydrogens is 359 g/mol. The molecule has 148 valence electrons.